The van der Waals surface area contributed by atoms with Crippen LogP contribution in [0.3, 0.4) is 0 Å². The van der Waals surface area contributed by atoms with Gasteiger partial charge < -0.3 is 4.90 Å². The summed E-state index contributed by atoms with van der Waals surface area (Å²) in [4.78, 5) is 26.9. The van der Waals surface area contributed by atoms with Crippen molar-refractivity contribution in [3.63, 3.8) is 0 Å². The fourth-order valence-corrected chi connectivity index (χ4v) is 4.51. The van der Waals surface area contributed by atoms with Crippen LogP contribution in [0.4, 0.5) is 0 Å². The van der Waals surface area contributed by atoms with Gasteiger partial charge in [-0.25, -0.2) is 9.97 Å². The SMILES string of the molecule is Cc1nc2ccc(C(=O)N(CCc3cccs3)Cc3cccs3)cc2nc1C. The molecule has 142 valence electrons. The number of nitrogens with zero attached hydrogens (tertiary/aromatic N) is 3. The van der Waals surface area contributed by atoms with Crippen LogP contribution in [0.1, 0.15) is 31.5 Å². The standard InChI is InChI=1S/C22H21N3OS2/c1-15-16(2)24-21-13-17(7-8-20(21)23-15)22(26)25(14-19-6-4-12-28-19)10-9-18-5-3-11-27-18/h3-8,11-13H,9-10,14H2,1-2H3. The van der Waals surface area contributed by atoms with Gasteiger partial charge in [0.05, 0.1) is 29.0 Å². The van der Waals surface area contributed by atoms with Crippen LogP contribution < -0.4 is 0 Å². The lowest BCUT2D eigenvalue weighted by molar-refractivity contribution is 0.0747. The van der Waals surface area contributed by atoms with Crippen LogP contribution in [0.2, 0.25) is 0 Å². The average Bonchev–Trinajstić information content (AvgIpc) is 3.39. The number of amides is 1. The van der Waals surface area contributed by atoms with Crippen molar-refractivity contribution in [2.75, 3.05) is 6.54 Å². The molecule has 0 atom stereocenters. The highest BCUT2D eigenvalue weighted by Gasteiger charge is 2.18. The Hall–Kier alpha value is -2.57. The Labute approximate surface area is 172 Å². The zero-order valence-corrected chi connectivity index (χ0v) is 17.5. The van der Waals surface area contributed by atoms with Gasteiger partial charge in [-0.3, -0.25) is 4.79 Å². The van der Waals surface area contributed by atoms with Crippen molar-refractivity contribution in [3.8, 4) is 0 Å². The third-order valence-electron chi connectivity index (χ3n) is 4.74. The molecule has 0 aliphatic rings. The number of aromatic nitrogens is 2. The fourth-order valence-electron chi connectivity index (χ4n) is 3.09. The van der Waals surface area contributed by atoms with E-state index < -0.39 is 0 Å². The van der Waals surface area contributed by atoms with Gasteiger partial charge >= 0.3 is 0 Å². The molecule has 0 saturated heterocycles. The summed E-state index contributed by atoms with van der Waals surface area (Å²) in [7, 11) is 0. The van der Waals surface area contributed by atoms with Crippen LogP contribution in [-0.4, -0.2) is 27.3 Å². The molecule has 0 radical (unpaired) electrons. The van der Waals surface area contributed by atoms with E-state index in [1.165, 1.54) is 9.75 Å². The number of benzene rings is 1. The maximum Gasteiger partial charge on any atom is 0.254 e. The lowest BCUT2D eigenvalue weighted by Crippen LogP contribution is -2.32. The van der Waals surface area contributed by atoms with Gasteiger partial charge in [0.1, 0.15) is 0 Å². The molecule has 1 aromatic carbocycles. The maximum atomic E-state index is 13.3. The van der Waals surface area contributed by atoms with Gasteiger partial charge in [-0.1, -0.05) is 12.1 Å². The minimum Gasteiger partial charge on any atom is -0.333 e. The maximum absolute atomic E-state index is 13.3. The molecular weight excluding hydrogens is 386 g/mol. The topological polar surface area (TPSA) is 46.1 Å². The zero-order valence-electron chi connectivity index (χ0n) is 15.9. The predicted molar refractivity (Wildman–Crippen MR) is 116 cm³/mol. The molecule has 0 N–H and O–H groups in total. The van der Waals surface area contributed by atoms with E-state index in [1.807, 2.05) is 48.4 Å². The second-order valence-corrected chi connectivity index (χ2v) is 8.80. The summed E-state index contributed by atoms with van der Waals surface area (Å²) in [5.74, 6) is 0.0342. The molecule has 28 heavy (non-hydrogen) atoms. The molecule has 3 heterocycles. The van der Waals surface area contributed by atoms with Crippen LogP contribution >= 0.6 is 22.7 Å². The number of hydrogen-bond acceptors (Lipinski definition) is 5. The number of aryl methyl sites for hydroxylation is 2. The van der Waals surface area contributed by atoms with Gasteiger partial charge in [0.25, 0.3) is 5.91 Å². The Morgan fingerprint density at radius 2 is 1.61 bits per heavy atom. The second-order valence-electron chi connectivity index (χ2n) is 6.73. The van der Waals surface area contributed by atoms with Crippen molar-refractivity contribution >= 4 is 39.6 Å². The first-order valence-electron chi connectivity index (χ1n) is 9.19. The van der Waals surface area contributed by atoms with E-state index in [1.54, 1.807) is 22.7 Å². The summed E-state index contributed by atoms with van der Waals surface area (Å²) in [5, 5.41) is 4.13. The van der Waals surface area contributed by atoms with E-state index in [-0.39, 0.29) is 5.91 Å². The van der Waals surface area contributed by atoms with Crippen molar-refractivity contribution < 1.29 is 4.79 Å². The minimum atomic E-state index is 0.0342. The molecule has 0 bridgehead atoms. The Morgan fingerprint density at radius 1 is 0.929 bits per heavy atom. The van der Waals surface area contributed by atoms with Gasteiger partial charge in [0.2, 0.25) is 0 Å². The largest absolute Gasteiger partial charge is 0.333 e. The number of thiophene rings is 2. The molecular formula is C22H21N3OS2. The van der Waals surface area contributed by atoms with Crippen molar-refractivity contribution in [1.29, 1.82) is 0 Å². The highest BCUT2D eigenvalue weighted by Crippen LogP contribution is 2.19. The van der Waals surface area contributed by atoms with Crippen molar-refractivity contribution in [3.05, 3.63) is 79.9 Å². The molecule has 0 saturated carbocycles. The van der Waals surface area contributed by atoms with E-state index >= 15 is 0 Å². The molecule has 0 spiro atoms. The molecule has 6 heteroatoms. The Morgan fingerprint density at radius 3 is 2.29 bits per heavy atom. The van der Waals surface area contributed by atoms with E-state index in [2.05, 4.69) is 33.5 Å². The minimum absolute atomic E-state index is 0.0342. The predicted octanol–water partition coefficient (Wildman–Crippen LogP) is 5.25. The Balaban J connectivity index is 1.61. The monoisotopic (exact) mass is 407 g/mol. The third-order valence-corrected chi connectivity index (χ3v) is 6.54. The first-order valence-corrected chi connectivity index (χ1v) is 10.9. The second kappa shape index (κ2) is 8.20. The molecule has 3 aromatic heterocycles. The van der Waals surface area contributed by atoms with Crippen LogP contribution in [0.5, 0.6) is 0 Å². The quantitative estimate of drug-likeness (QED) is 0.438. The zero-order chi connectivity index (χ0) is 19.5. The molecule has 4 rings (SSSR count). The molecule has 0 aliphatic carbocycles. The molecule has 4 aromatic rings. The molecule has 0 unspecified atom stereocenters. The van der Waals surface area contributed by atoms with Crippen molar-refractivity contribution in [1.82, 2.24) is 14.9 Å². The summed E-state index contributed by atoms with van der Waals surface area (Å²) < 4.78 is 0. The summed E-state index contributed by atoms with van der Waals surface area (Å²) in [6.45, 7) is 5.21. The lowest BCUT2D eigenvalue weighted by Gasteiger charge is -2.22. The lowest BCUT2D eigenvalue weighted by atomic mass is 10.1. The van der Waals surface area contributed by atoms with Crippen LogP contribution in [0.15, 0.2) is 53.2 Å². The van der Waals surface area contributed by atoms with E-state index in [9.17, 15) is 4.79 Å². The van der Waals surface area contributed by atoms with Crippen LogP contribution in [0, 0.1) is 13.8 Å². The Bertz CT molecular complexity index is 1090. The highest BCUT2D eigenvalue weighted by molar-refractivity contribution is 7.10. The van der Waals surface area contributed by atoms with Gasteiger partial charge in [-0.05, 0) is 61.4 Å². The summed E-state index contributed by atoms with van der Waals surface area (Å²) >= 11 is 3.41. The normalized spacial score (nSPS) is 11.1. The van der Waals surface area contributed by atoms with Crippen molar-refractivity contribution in [2.24, 2.45) is 0 Å². The first kappa shape index (κ1) is 18.8. The molecule has 4 nitrogen and oxygen atoms in total. The van der Waals surface area contributed by atoms with Crippen LogP contribution in [0.25, 0.3) is 11.0 Å². The summed E-state index contributed by atoms with van der Waals surface area (Å²) in [5.41, 5.74) is 4.06. The van der Waals surface area contributed by atoms with Crippen LogP contribution in [-0.2, 0) is 13.0 Å². The van der Waals surface area contributed by atoms with Gasteiger partial charge in [0, 0.05) is 21.9 Å². The van der Waals surface area contributed by atoms with E-state index in [4.69, 9.17) is 0 Å². The number of rotatable bonds is 6. The molecule has 0 fully saturated rings. The average molecular weight is 408 g/mol. The molecule has 1 amide bonds. The fraction of sp³-hybridized carbons (Fsp3) is 0.227. The van der Waals surface area contributed by atoms with Gasteiger partial charge in [-0.2, -0.15) is 0 Å². The van der Waals surface area contributed by atoms with Gasteiger partial charge in [-0.15, -0.1) is 22.7 Å². The van der Waals surface area contributed by atoms with E-state index in [0.29, 0.717) is 18.7 Å². The molecule has 0 aliphatic heterocycles. The Kier molecular flexibility index (Phi) is 5.50. The summed E-state index contributed by atoms with van der Waals surface area (Å²) in [6.07, 6.45) is 0.862. The van der Waals surface area contributed by atoms with E-state index in [0.717, 1.165) is 28.8 Å². The number of hydrogen-bond donors (Lipinski definition) is 0. The van der Waals surface area contributed by atoms with Gasteiger partial charge in [0.15, 0.2) is 0 Å². The highest BCUT2D eigenvalue weighted by atomic mass is 32.1. The number of fused-ring (bicyclic) bond motifs is 1. The first-order chi connectivity index (χ1) is 13.6. The third kappa shape index (κ3) is 4.13. The number of carbonyl (C=O) groups is 1. The smallest absolute Gasteiger partial charge is 0.254 e. The summed E-state index contributed by atoms with van der Waals surface area (Å²) in [6, 6.07) is 13.9. The number of carbonyl (C=O) groups excluding carboxylic acids is 1. The van der Waals surface area contributed by atoms with Crippen molar-refractivity contribution in [2.45, 2.75) is 26.8 Å².